The lowest BCUT2D eigenvalue weighted by Gasteiger charge is -2.43. The Balaban J connectivity index is 1.38. The molecule has 0 saturated heterocycles. The Morgan fingerprint density at radius 1 is 0.696 bits per heavy atom. The topological polar surface area (TPSA) is 46.6 Å². The number of unbranched alkanes of at least 4 members (excludes halogenated alkanes) is 7. The Labute approximate surface area is 354 Å². The molecule has 2 aromatic rings. The van der Waals surface area contributed by atoms with E-state index in [-0.39, 0.29) is 28.8 Å². The molecule has 0 aliphatic carbocycles. The van der Waals surface area contributed by atoms with Crippen LogP contribution in [0.15, 0.2) is 17.0 Å². The molecule has 2 aromatic heterocycles. The van der Waals surface area contributed by atoms with Crippen LogP contribution in [0.2, 0.25) is 0 Å². The Morgan fingerprint density at radius 3 is 1.96 bits per heavy atom. The molecule has 0 aromatic carbocycles. The van der Waals surface area contributed by atoms with E-state index < -0.39 is 0 Å². The summed E-state index contributed by atoms with van der Waals surface area (Å²) in [4.78, 5) is 35.4. The molecule has 7 heteroatoms. The van der Waals surface area contributed by atoms with Crippen molar-refractivity contribution in [2.45, 2.75) is 208 Å². The molecule has 3 aliphatic heterocycles. The number of ether oxygens (including phenoxy) is 1. The van der Waals surface area contributed by atoms with Crippen molar-refractivity contribution in [2.75, 3.05) is 6.54 Å². The minimum Gasteiger partial charge on any atom is -0.361 e. The second-order valence-corrected chi connectivity index (χ2v) is 22.6. The van der Waals surface area contributed by atoms with E-state index in [1.54, 1.807) is 16.2 Å². The zero-order valence-corrected chi connectivity index (χ0v) is 39.3. The summed E-state index contributed by atoms with van der Waals surface area (Å²) in [6.45, 7) is 21.3. The van der Waals surface area contributed by atoms with Crippen molar-refractivity contribution < 1.29 is 14.3 Å². The highest BCUT2D eigenvalue weighted by molar-refractivity contribution is 8.03. The molecule has 5 atom stereocenters. The predicted octanol–water partition coefficient (Wildman–Crippen LogP) is 16.1. The van der Waals surface area contributed by atoms with Crippen molar-refractivity contribution in [1.29, 1.82) is 0 Å². The van der Waals surface area contributed by atoms with Gasteiger partial charge in [0, 0.05) is 21.2 Å². The molecule has 5 rings (SSSR count). The van der Waals surface area contributed by atoms with Gasteiger partial charge in [-0.1, -0.05) is 151 Å². The predicted molar refractivity (Wildman–Crippen MR) is 244 cm³/mol. The maximum absolute atomic E-state index is 14.1. The number of amides is 2. The fourth-order valence-electron chi connectivity index (χ4n) is 9.49. The molecule has 2 amide bonds. The third-order valence-corrected chi connectivity index (χ3v) is 16.8. The molecule has 5 unspecified atom stereocenters. The Hall–Kier alpha value is -1.41. The summed E-state index contributed by atoms with van der Waals surface area (Å²) < 4.78 is 7.46. The van der Waals surface area contributed by atoms with Gasteiger partial charge in [-0.2, -0.15) is 0 Å². The SMILES string of the molecule is CCCCCCCCN1C(=O)c2c(C)sc(-c3cc4c(s3)C3SC(C)=CC3OC4(CCCCCC(C)CCCC(C)C)CCCC(C)CCCC(C)C)c2C1=O. The van der Waals surface area contributed by atoms with Crippen LogP contribution in [-0.4, -0.2) is 29.4 Å². The Bertz CT molecular complexity index is 1600. The third kappa shape index (κ3) is 11.7. The molecule has 56 heavy (non-hydrogen) atoms. The van der Waals surface area contributed by atoms with Gasteiger partial charge >= 0.3 is 0 Å². The van der Waals surface area contributed by atoms with Gasteiger partial charge in [-0.3, -0.25) is 14.5 Å². The minimum absolute atomic E-state index is 0.0789. The second kappa shape index (κ2) is 21.7. The number of hydrogen-bond donors (Lipinski definition) is 0. The maximum Gasteiger partial charge on any atom is 0.263 e. The second-order valence-electron chi connectivity index (χ2n) is 18.9. The number of fused-ring (bicyclic) bond motifs is 4. The largest absolute Gasteiger partial charge is 0.361 e. The number of thiophene rings is 2. The van der Waals surface area contributed by atoms with E-state index in [1.807, 2.05) is 30.0 Å². The molecule has 0 saturated carbocycles. The van der Waals surface area contributed by atoms with Crippen LogP contribution < -0.4 is 0 Å². The van der Waals surface area contributed by atoms with Gasteiger partial charge in [-0.25, -0.2) is 0 Å². The summed E-state index contributed by atoms with van der Waals surface area (Å²) in [5.74, 6) is 2.93. The van der Waals surface area contributed by atoms with Gasteiger partial charge in [0.2, 0.25) is 0 Å². The van der Waals surface area contributed by atoms with Crippen LogP contribution >= 0.6 is 34.4 Å². The normalized spacial score (nSPS) is 21.6. The summed E-state index contributed by atoms with van der Waals surface area (Å²) in [6.07, 6.45) is 26.8. The molecule has 314 valence electrons. The lowest BCUT2D eigenvalue weighted by atomic mass is 9.79. The van der Waals surface area contributed by atoms with E-state index in [2.05, 4.69) is 67.5 Å². The smallest absolute Gasteiger partial charge is 0.263 e. The maximum atomic E-state index is 14.1. The fraction of sp³-hybridized carbons (Fsp3) is 0.755. The van der Waals surface area contributed by atoms with E-state index in [9.17, 15) is 9.59 Å². The van der Waals surface area contributed by atoms with Crippen LogP contribution in [0.5, 0.6) is 0 Å². The molecule has 0 spiro atoms. The van der Waals surface area contributed by atoms with Crippen LogP contribution in [-0.2, 0) is 10.3 Å². The molecule has 3 aliphatic rings. The number of carbonyl (C=O) groups is 2. The lowest BCUT2D eigenvalue weighted by molar-refractivity contribution is -0.105. The summed E-state index contributed by atoms with van der Waals surface area (Å²) in [7, 11) is 0. The van der Waals surface area contributed by atoms with Crippen LogP contribution in [0.25, 0.3) is 9.75 Å². The van der Waals surface area contributed by atoms with Gasteiger partial charge in [0.25, 0.3) is 11.8 Å². The zero-order valence-electron chi connectivity index (χ0n) is 36.9. The number of aryl methyl sites for hydroxylation is 1. The number of allylic oxidation sites excluding steroid dienone is 1. The Kier molecular flexibility index (Phi) is 17.7. The molecule has 0 N–H and O–H groups in total. The number of rotatable bonds is 26. The highest BCUT2D eigenvalue weighted by Gasteiger charge is 2.49. The number of imide groups is 1. The molecule has 0 bridgehead atoms. The highest BCUT2D eigenvalue weighted by atomic mass is 32.2. The summed E-state index contributed by atoms with van der Waals surface area (Å²) >= 11 is 5.49. The van der Waals surface area contributed by atoms with Crippen molar-refractivity contribution in [3.8, 4) is 9.75 Å². The van der Waals surface area contributed by atoms with Crippen LogP contribution in [0.1, 0.15) is 225 Å². The van der Waals surface area contributed by atoms with Crippen molar-refractivity contribution in [3.05, 3.63) is 43.5 Å². The van der Waals surface area contributed by atoms with Gasteiger partial charge in [0.1, 0.15) is 0 Å². The van der Waals surface area contributed by atoms with E-state index >= 15 is 0 Å². The van der Waals surface area contributed by atoms with E-state index in [1.165, 1.54) is 118 Å². The first-order valence-corrected chi connectivity index (χ1v) is 25.5. The van der Waals surface area contributed by atoms with Gasteiger partial charge in [-0.15, -0.1) is 34.4 Å². The number of thioether (sulfide) groups is 1. The average Bonchev–Trinajstić information content (AvgIpc) is 3.89. The first kappa shape index (κ1) is 45.7. The molecule has 5 heterocycles. The van der Waals surface area contributed by atoms with Gasteiger partial charge in [-0.05, 0) is 85.8 Å². The molecular formula is C49H77NO3S3. The molecule has 0 radical (unpaired) electrons. The highest BCUT2D eigenvalue weighted by Crippen LogP contribution is 2.60. The summed E-state index contributed by atoms with van der Waals surface area (Å²) in [6, 6.07) is 2.42. The quantitative estimate of drug-likeness (QED) is 0.0700. The lowest BCUT2D eigenvalue weighted by Crippen LogP contribution is -2.39. The van der Waals surface area contributed by atoms with Crippen molar-refractivity contribution in [1.82, 2.24) is 4.90 Å². The monoisotopic (exact) mass is 824 g/mol. The van der Waals surface area contributed by atoms with Gasteiger partial charge in [0.15, 0.2) is 0 Å². The molecule has 4 nitrogen and oxygen atoms in total. The van der Waals surface area contributed by atoms with Crippen molar-refractivity contribution in [2.24, 2.45) is 23.7 Å². The van der Waals surface area contributed by atoms with Crippen LogP contribution in [0, 0.1) is 30.6 Å². The minimum atomic E-state index is -0.327. The van der Waals surface area contributed by atoms with Crippen LogP contribution in [0.4, 0.5) is 0 Å². The van der Waals surface area contributed by atoms with E-state index in [4.69, 9.17) is 4.74 Å². The van der Waals surface area contributed by atoms with Gasteiger partial charge in [0.05, 0.1) is 33.0 Å². The van der Waals surface area contributed by atoms with Crippen molar-refractivity contribution in [3.63, 3.8) is 0 Å². The van der Waals surface area contributed by atoms with Crippen molar-refractivity contribution >= 4 is 46.2 Å². The summed E-state index contributed by atoms with van der Waals surface area (Å²) in [5.41, 5.74) is 2.37. The number of hydrogen-bond acceptors (Lipinski definition) is 6. The van der Waals surface area contributed by atoms with Crippen LogP contribution in [0.3, 0.4) is 0 Å². The first-order valence-electron chi connectivity index (χ1n) is 23.0. The third-order valence-electron chi connectivity index (χ3n) is 12.9. The number of nitrogens with zero attached hydrogens (tertiary/aromatic N) is 1. The molecule has 0 fully saturated rings. The van der Waals surface area contributed by atoms with E-state index in [0.717, 1.165) is 64.0 Å². The average molecular weight is 824 g/mol. The Morgan fingerprint density at radius 2 is 1.29 bits per heavy atom. The zero-order chi connectivity index (χ0) is 40.4. The molecular weight excluding hydrogens is 747 g/mol. The standard InChI is InChI=1S/C49H77NO3S3/c1-10-11-12-13-14-18-30-50-47(51)42-38(9)55-46(43(42)48(50)52)41-32-39-44(56-41)45-40(31-37(8)54-45)53-49(39,29-21-27-36(7)26-20-23-34(4)5)28-17-15-16-24-35(6)25-19-22-33(2)3/h31-36,40,45H,10-30H2,1-9H3. The summed E-state index contributed by atoms with van der Waals surface area (Å²) in [5, 5.41) is 0.258. The van der Waals surface area contributed by atoms with Gasteiger partial charge < -0.3 is 4.74 Å². The van der Waals surface area contributed by atoms with E-state index in [0.29, 0.717) is 17.7 Å². The fourth-order valence-corrected chi connectivity index (χ4v) is 13.4. The first-order chi connectivity index (χ1) is 26.8. The number of carbonyl (C=O) groups excluding carboxylic acids is 2.